The van der Waals surface area contributed by atoms with Crippen LogP contribution in [0, 0.1) is 0 Å². The largest absolute Gasteiger partial charge is 0.341 e. The first-order valence-electron chi connectivity index (χ1n) is 5.87. The van der Waals surface area contributed by atoms with E-state index in [4.69, 9.17) is 0 Å². The van der Waals surface area contributed by atoms with Crippen molar-refractivity contribution in [3.63, 3.8) is 0 Å². The minimum atomic E-state index is -0.0649. The monoisotopic (exact) mass is 234 g/mol. The normalized spacial score (nSPS) is 11.1. The van der Waals surface area contributed by atoms with E-state index in [0.717, 1.165) is 5.56 Å². The highest BCUT2D eigenvalue weighted by molar-refractivity contribution is 5.73. The maximum absolute atomic E-state index is 11.4. The lowest BCUT2D eigenvalue weighted by Gasteiger charge is -2.20. The first-order chi connectivity index (χ1) is 7.84. The molecule has 0 radical (unpaired) electrons. The SMILES string of the molecule is CNC(=O)N(C)Cc1ccc(C(C)(C)C)cc1. The summed E-state index contributed by atoms with van der Waals surface area (Å²) in [5, 5.41) is 2.61. The Hall–Kier alpha value is -1.51. The third-order valence-electron chi connectivity index (χ3n) is 2.80. The van der Waals surface area contributed by atoms with E-state index in [-0.39, 0.29) is 11.4 Å². The lowest BCUT2D eigenvalue weighted by atomic mass is 9.87. The highest BCUT2D eigenvalue weighted by Gasteiger charge is 2.13. The minimum absolute atomic E-state index is 0.0649. The van der Waals surface area contributed by atoms with Gasteiger partial charge in [-0.2, -0.15) is 0 Å². The van der Waals surface area contributed by atoms with Gasteiger partial charge in [-0.25, -0.2) is 4.79 Å². The number of urea groups is 1. The van der Waals surface area contributed by atoms with E-state index >= 15 is 0 Å². The number of carbonyl (C=O) groups excluding carboxylic acids is 1. The number of rotatable bonds is 2. The molecule has 17 heavy (non-hydrogen) atoms. The van der Waals surface area contributed by atoms with Crippen molar-refractivity contribution in [2.75, 3.05) is 14.1 Å². The van der Waals surface area contributed by atoms with Gasteiger partial charge in [-0.1, -0.05) is 45.0 Å². The van der Waals surface area contributed by atoms with E-state index < -0.39 is 0 Å². The first-order valence-corrected chi connectivity index (χ1v) is 5.87. The summed E-state index contributed by atoms with van der Waals surface area (Å²) in [6, 6.07) is 8.37. The van der Waals surface area contributed by atoms with Gasteiger partial charge in [-0.15, -0.1) is 0 Å². The zero-order valence-corrected chi connectivity index (χ0v) is 11.4. The molecule has 0 saturated carbocycles. The fourth-order valence-electron chi connectivity index (χ4n) is 1.65. The second kappa shape index (κ2) is 5.21. The predicted molar refractivity (Wildman–Crippen MR) is 71.1 cm³/mol. The number of nitrogens with zero attached hydrogens (tertiary/aromatic N) is 1. The molecule has 0 bridgehead atoms. The second-order valence-electron chi connectivity index (χ2n) is 5.36. The Balaban J connectivity index is 2.72. The lowest BCUT2D eigenvalue weighted by Crippen LogP contribution is -2.34. The van der Waals surface area contributed by atoms with Gasteiger partial charge in [0, 0.05) is 20.6 Å². The minimum Gasteiger partial charge on any atom is -0.341 e. The summed E-state index contributed by atoms with van der Waals surface area (Å²) in [7, 11) is 3.43. The molecule has 94 valence electrons. The van der Waals surface area contributed by atoms with Crippen molar-refractivity contribution in [3.05, 3.63) is 35.4 Å². The van der Waals surface area contributed by atoms with E-state index in [0.29, 0.717) is 6.54 Å². The van der Waals surface area contributed by atoms with Gasteiger partial charge >= 0.3 is 6.03 Å². The van der Waals surface area contributed by atoms with Crippen molar-refractivity contribution < 1.29 is 4.79 Å². The molecular formula is C14H22N2O. The summed E-state index contributed by atoms with van der Waals surface area (Å²) in [6.07, 6.45) is 0. The summed E-state index contributed by atoms with van der Waals surface area (Å²) in [5.41, 5.74) is 2.62. The van der Waals surface area contributed by atoms with Crippen LogP contribution < -0.4 is 5.32 Å². The number of carbonyl (C=O) groups is 1. The molecule has 0 aliphatic heterocycles. The van der Waals surface area contributed by atoms with Crippen molar-refractivity contribution in [1.82, 2.24) is 10.2 Å². The average molecular weight is 234 g/mol. The Morgan fingerprint density at radius 3 is 2.18 bits per heavy atom. The van der Waals surface area contributed by atoms with Gasteiger partial charge in [0.15, 0.2) is 0 Å². The van der Waals surface area contributed by atoms with Crippen LogP contribution in [0.4, 0.5) is 4.79 Å². The molecule has 0 aromatic heterocycles. The Bertz CT molecular complexity index is 376. The number of benzene rings is 1. The molecule has 1 N–H and O–H groups in total. The standard InChI is InChI=1S/C14H22N2O/c1-14(2,3)12-8-6-11(7-9-12)10-16(5)13(17)15-4/h6-9H,10H2,1-5H3,(H,15,17). The fourth-order valence-corrected chi connectivity index (χ4v) is 1.65. The summed E-state index contributed by atoms with van der Waals surface area (Å²) in [4.78, 5) is 13.0. The van der Waals surface area contributed by atoms with Crippen LogP contribution in [-0.4, -0.2) is 25.0 Å². The molecule has 1 aromatic rings. The third-order valence-corrected chi connectivity index (χ3v) is 2.80. The predicted octanol–water partition coefficient (Wildman–Crippen LogP) is 2.76. The highest BCUT2D eigenvalue weighted by Crippen LogP contribution is 2.22. The quantitative estimate of drug-likeness (QED) is 0.838. The van der Waals surface area contributed by atoms with Crippen LogP contribution in [0.1, 0.15) is 31.9 Å². The van der Waals surface area contributed by atoms with E-state index in [1.807, 2.05) is 0 Å². The molecule has 0 unspecified atom stereocenters. The van der Waals surface area contributed by atoms with Crippen molar-refractivity contribution in [2.45, 2.75) is 32.7 Å². The molecular weight excluding hydrogens is 212 g/mol. The number of hydrogen-bond donors (Lipinski definition) is 1. The fraction of sp³-hybridized carbons (Fsp3) is 0.500. The molecule has 2 amide bonds. The number of hydrogen-bond acceptors (Lipinski definition) is 1. The molecule has 1 aromatic carbocycles. The topological polar surface area (TPSA) is 32.3 Å². The Morgan fingerprint density at radius 2 is 1.76 bits per heavy atom. The summed E-state index contributed by atoms with van der Waals surface area (Å²) >= 11 is 0. The summed E-state index contributed by atoms with van der Waals surface area (Å²) < 4.78 is 0. The summed E-state index contributed by atoms with van der Waals surface area (Å²) in [5.74, 6) is 0. The van der Waals surface area contributed by atoms with Crippen molar-refractivity contribution in [2.24, 2.45) is 0 Å². The maximum Gasteiger partial charge on any atom is 0.317 e. The molecule has 0 heterocycles. The van der Waals surface area contributed by atoms with Crippen LogP contribution >= 0.6 is 0 Å². The first kappa shape index (κ1) is 13.6. The zero-order chi connectivity index (χ0) is 13.1. The van der Waals surface area contributed by atoms with E-state index in [2.05, 4.69) is 50.4 Å². The van der Waals surface area contributed by atoms with Crippen LogP contribution in [0.25, 0.3) is 0 Å². The van der Waals surface area contributed by atoms with Gasteiger partial charge in [0.05, 0.1) is 0 Å². The molecule has 0 aliphatic carbocycles. The van der Waals surface area contributed by atoms with Crippen LogP contribution in [0.2, 0.25) is 0 Å². The Kier molecular flexibility index (Phi) is 4.16. The molecule has 0 saturated heterocycles. The lowest BCUT2D eigenvalue weighted by molar-refractivity contribution is 0.209. The second-order valence-corrected chi connectivity index (χ2v) is 5.36. The number of amides is 2. The van der Waals surface area contributed by atoms with Crippen LogP contribution in [0.3, 0.4) is 0 Å². The van der Waals surface area contributed by atoms with E-state index in [9.17, 15) is 4.79 Å². The van der Waals surface area contributed by atoms with Gasteiger partial charge < -0.3 is 10.2 Å². The van der Waals surface area contributed by atoms with Gasteiger partial charge in [-0.3, -0.25) is 0 Å². The molecule has 0 spiro atoms. The van der Waals surface area contributed by atoms with E-state index in [1.165, 1.54) is 5.56 Å². The summed E-state index contributed by atoms with van der Waals surface area (Å²) in [6.45, 7) is 7.21. The van der Waals surface area contributed by atoms with Crippen molar-refractivity contribution in [3.8, 4) is 0 Å². The third kappa shape index (κ3) is 3.77. The van der Waals surface area contributed by atoms with Crippen molar-refractivity contribution >= 4 is 6.03 Å². The smallest absolute Gasteiger partial charge is 0.317 e. The molecule has 0 atom stereocenters. The van der Waals surface area contributed by atoms with Gasteiger partial charge in [0.2, 0.25) is 0 Å². The molecule has 0 fully saturated rings. The van der Waals surface area contributed by atoms with E-state index in [1.54, 1.807) is 19.0 Å². The van der Waals surface area contributed by atoms with Crippen LogP contribution in [0.5, 0.6) is 0 Å². The average Bonchev–Trinajstić information content (AvgIpc) is 2.27. The molecule has 3 heteroatoms. The maximum atomic E-state index is 11.4. The van der Waals surface area contributed by atoms with Crippen LogP contribution in [0.15, 0.2) is 24.3 Å². The Morgan fingerprint density at radius 1 is 1.24 bits per heavy atom. The molecule has 0 aliphatic rings. The molecule has 1 rings (SSSR count). The highest BCUT2D eigenvalue weighted by atomic mass is 16.2. The van der Waals surface area contributed by atoms with Crippen LogP contribution in [-0.2, 0) is 12.0 Å². The molecule has 3 nitrogen and oxygen atoms in total. The van der Waals surface area contributed by atoms with Gasteiger partial charge in [0.1, 0.15) is 0 Å². The number of nitrogens with one attached hydrogen (secondary N) is 1. The van der Waals surface area contributed by atoms with Crippen molar-refractivity contribution in [1.29, 1.82) is 0 Å². The Labute approximate surface area is 104 Å². The van der Waals surface area contributed by atoms with Gasteiger partial charge in [-0.05, 0) is 16.5 Å². The van der Waals surface area contributed by atoms with Gasteiger partial charge in [0.25, 0.3) is 0 Å². The zero-order valence-electron chi connectivity index (χ0n) is 11.4.